The van der Waals surface area contributed by atoms with Gasteiger partial charge in [-0.2, -0.15) is 0 Å². The summed E-state index contributed by atoms with van der Waals surface area (Å²) in [4.78, 5) is 18.5. The zero-order valence-corrected chi connectivity index (χ0v) is 13.2. The summed E-state index contributed by atoms with van der Waals surface area (Å²) in [5.41, 5.74) is 1.65. The number of fused-ring (bicyclic) bond motifs is 1. The molecule has 1 aromatic heterocycles. The molecule has 2 aliphatic rings. The van der Waals surface area contributed by atoms with Crippen LogP contribution in [0.4, 0.5) is 4.79 Å². The Hall–Kier alpha value is -1.56. The molecular formula is C15H23N3O3. The number of hydrogen-bond acceptors (Lipinski definition) is 4. The highest BCUT2D eigenvalue weighted by Crippen LogP contribution is 2.30. The number of rotatable bonds is 1. The van der Waals surface area contributed by atoms with Crippen LogP contribution in [0.25, 0.3) is 0 Å². The summed E-state index contributed by atoms with van der Waals surface area (Å²) in [6.07, 6.45) is 0.739. The average molecular weight is 293 g/mol. The van der Waals surface area contributed by atoms with Crippen molar-refractivity contribution in [3.63, 3.8) is 0 Å². The third-order valence-corrected chi connectivity index (χ3v) is 3.87. The lowest BCUT2D eigenvalue weighted by Gasteiger charge is -2.24. The molecule has 0 radical (unpaired) electrons. The molecule has 116 valence electrons. The van der Waals surface area contributed by atoms with Gasteiger partial charge in [0, 0.05) is 6.61 Å². The van der Waals surface area contributed by atoms with Gasteiger partial charge in [0.2, 0.25) is 0 Å². The first-order chi connectivity index (χ1) is 9.85. The zero-order chi connectivity index (χ0) is 15.2. The third kappa shape index (κ3) is 2.77. The van der Waals surface area contributed by atoms with Gasteiger partial charge in [0.25, 0.3) is 0 Å². The van der Waals surface area contributed by atoms with Crippen LogP contribution in [0.2, 0.25) is 0 Å². The smallest absolute Gasteiger partial charge is 0.410 e. The monoisotopic (exact) mass is 293 g/mol. The summed E-state index contributed by atoms with van der Waals surface area (Å²) >= 11 is 0. The highest BCUT2D eigenvalue weighted by atomic mass is 16.6. The van der Waals surface area contributed by atoms with Crippen LogP contribution >= 0.6 is 0 Å². The standard InChI is InChI=1S/C15H23N3O3/c1-10-16-12-7-17(14(19)21-15(2,3)4)8-13(12)18(10)11-5-6-20-9-11/h11H,5-9H2,1-4H3. The van der Waals surface area contributed by atoms with Crippen LogP contribution in [0.1, 0.15) is 50.4 Å². The topological polar surface area (TPSA) is 56.6 Å². The van der Waals surface area contributed by atoms with Crippen LogP contribution < -0.4 is 0 Å². The van der Waals surface area contributed by atoms with Crippen LogP contribution in [-0.2, 0) is 22.6 Å². The van der Waals surface area contributed by atoms with Crippen molar-refractivity contribution in [1.29, 1.82) is 0 Å². The molecule has 3 rings (SSSR count). The number of amides is 1. The van der Waals surface area contributed by atoms with Crippen molar-refractivity contribution in [2.24, 2.45) is 0 Å². The van der Waals surface area contributed by atoms with E-state index in [1.807, 2.05) is 27.7 Å². The van der Waals surface area contributed by atoms with E-state index in [0.29, 0.717) is 19.1 Å². The van der Waals surface area contributed by atoms with Gasteiger partial charge in [0.05, 0.1) is 37.1 Å². The molecule has 0 saturated carbocycles. The molecule has 0 aliphatic carbocycles. The number of aromatic nitrogens is 2. The van der Waals surface area contributed by atoms with Crippen LogP contribution in [0.5, 0.6) is 0 Å². The van der Waals surface area contributed by atoms with E-state index in [1.54, 1.807) is 4.90 Å². The predicted molar refractivity (Wildman–Crippen MR) is 76.9 cm³/mol. The second-order valence-electron chi connectivity index (χ2n) is 6.78. The number of carbonyl (C=O) groups excluding carboxylic acids is 1. The van der Waals surface area contributed by atoms with Crippen molar-refractivity contribution >= 4 is 6.09 Å². The molecule has 0 aromatic carbocycles. The van der Waals surface area contributed by atoms with Gasteiger partial charge < -0.3 is 14.0 Å². The average Bonchev–Trinajstić information content (AvgIpc) is 3.01. The minimum Gasteiger partial charge on any atom is -0.444 e. The van der Waals surface area contributed by atoms with Gasteiger partial charge in [0.1, 0.15) is 11.4 Å². The zero-order valence-electron chi connectivity index (χ0n) is 13.2. The highest BCUT2D eigenvalue weighted by molar-refractivity contribution is 5.69. The Balaban J connectivity index is 1.77. The second kappa shape index (κ2) is 5.02. The lowest BCUT2D eigenvalue weighted by atomic mass is 10.2. The Morgan fingerprint density at radius 3 is 2.76 bits per heavy atom. The van der Waals surface area contributed by atoms with E-state index in [0.717, 1.165) is 36.8 Å². The van der Waals surface area contributed by atoms with E-state index in [2.05, 4.69) is 9.55 Å². The van der Waals surface area contributed by atoms with Gasteiger partial charge >= 0.3 is 6.09 Å². The fourth-order valence-corrected chi connectivity index (χ4v) is 3.03. The van der Waals surface area contributed by atoms with Crippen molar-refractivity contribution in [3.05, 3.63) is 17.2 Å². The Bertz CT molecular complexity index is 553. The molecule has 1 amide bonds. The SMILES string of the molecule is Cc1nc2c(n1C1CCOC1)CN(C(=O)OC(C)(C)C)C2. The van der Waals surface area contributed by atoms with Crippen molar-refractivity contribution in [3.8, 4) is 0 Å². The summed E-state index contributed by atoms with van der Waals surface area (Å²) in [5, 5.41) is 0. The summed E-state index contributed by atoms with van der Waals surface area (Å²) in [6.45, 7) is 10.3. The first kappa shape index (κ1) is 14.4. The number of aryl methyl sites for hydroxylation is 1. The van der Waals surface area contributed by atoms with E-state index in [9.17, 15) is 4.79 Å². The molecule has 3 heterocycles. The lowest BCUT2D eigenvalue weighted by Crippen LogP contribution is -2.34. The fourth-order valence-electron chi connectivity index (χ4n) is 3.03. The van der Waals surface area contributed by atoms with E-state index < -0.39 is 5.60 Å². The maximum atomic E-state index is 12.2. The van der Waals surface area contributed by atoms with Gasteiger partial charge in [-0.1, -0.05) is 0 Å². The van der Waals surface area contributed by atoms with Crippen LogP contribution in [0, 0.1) is 6.92 Å². The molecule has 21 heavy (non-hydrogen) atoms. The van der Waals surface area contributed by atoms with Crippen molar-refractivity contribution < 1.29 is 14.3 Å². The lowest BCUT2D eigenvalue weighted by molar-refractivity contribution is 0.0236. The molecule has 1 atom stereocenters. The third-order valence-electron chi connectivity index (χ3n) is 3.87. The van der Waals surface area contributed by atoms with Gasteiger partial charge in [-0.15, -0.1) is 0 Å². The largest absolute Gasteiger partial charge is 0.444 e. The number of carbonyl (C=O) groups is 1. The van der Waals surface area contributed by atoms with E-state index >= 15 is 0 Å². The maximum absolute atomic E-state index is 12.2. The van der Waals surface area contributed by atoms with Gasteiger partial charge in [0.15, 0.2) is 0 Å². The molecule has 0 spiro atoms. The van der Waals surface area contributed by atoms with E-state index in [1.165, 1.54) is 0 Å². The summed E-state index contributed by atoms with van der Waals surface area (Å²) in [5.74, 6) is 1.01. The normalized spacial score (nSPS) is 21.7. The summed E-state index contributed by atoms with van der Waals surface area (Å²) < 4.78 is 13.2. The first-order valence-corrected chi connectivity index (χ1v) is 7.47. The molecular weight excluding hydrogens is 270 g/mol. The molecule has 1 fully saturated rings. The van der Waals surface area contributed by atoms with E-state index in [4.69, 9.17) is 9.47 Å². The number of nitrogens with zero attached hydrogens (tertiary/aromatic N) is 3. The fraction of sp³-hybridized carbons (Fsp3) is 0.733. The highest BCUT2D eigenvalue weighted by Gasteiger charge is 2.34. The first-order valence-electron chi connectivity index (χ1n) is 7.47. The maximum Gasteiger partial charge on any atom is 0.410 e. The Morgan fingerprint density at radius 1 is 1.38 bits per heavy atom. The molecule has 6 heteroatoms. The summed E-state index contributed by atoms with van der Waals surface area (Å²) in [7, 11) is 0. The molecule has 0 N–H and O–H groups in total. The molecule has 2 aliphatic heterocycles. The predicted octanol–water partition coefficient (Wildman–Crippen LogP) is 2.40. The van der Waals surface area contributed by atoms with Gasteiger partial charge in [-0.3, -0.25) is 4.90 Å². The Labute approximate surface area is 125 Å². The number of imidazole rings is 1. The molecule has 1 unspecified atom stereocenters. The van der Waals surface area contributed by atoms with Crippen LogP contribution in [-0.4, -0.2) is 39.4 Å². The van der Waals surface area contributed by atoms with Crippen molar-refractivity contribution in [2.45, 2.75) is 58.8 Å². The number of ether oxygens (including phenoxy) is 2. The van der Waals surface area contributed by atoms with Crippen LogP contribution in [0.3, 0.4) is 0 Å². The van der Waals surface area contributed by atoms with Gasteiger partial charge in [-0.25, -0.2) is 9.78 Å². The summed E-state index contributed by atoms with van der Waals surface area (Å²) in [6, 6.07) is 0.347. The van der Waals surface area contributed by atoms with Gasteiger partial charge in [-0.05, 0) is 34.1 Å². The molecule has 1 aromatic rings. The molecule has 1 saturated heterocycles. The van der Waals surface area contributed by atoms with E-state index in [-0.39, 0.29) is 6.09 Å². The molecule has 0 bridgehead atoms. The quantitative estimate of drug-likeness (QED) is 0.798. The Morgan fingerprint density at radius 2 is 2.14 bits per heavy atom. The minimum absolute atomic E-state index is 0.271. The minimum atomic E-state index is -0.470. The van der Waals surface area contributed by atoms with Crippen LogP contribution in [0.15, 0.2) is 0 Å². The molecule has 6 nitrogen and oxygen atoms in total. The second-order valence-corrected chi connectivity index (χ2v) is 6.78. The van der Waals surface area contributed by atoms with Crippen molar-refractivity contribution in [1.82, 2.24) is 14.5 Å². The van der Waals surface area contributed by atoms with Crippen molar-refractivity contribution in [2.75, 3.05) is 13.2 Å². The number of hydrogen-bond donors (Lipinski definition) is 0. The Kier molecular flexibility index (Phi) is 3.43.